The third-order valence-corrected chi connectivity index (χ3v) is 25.3. The minimum atomic E-state index is -2.13. The van der Waals surface area contributed by atoms with E-state index in [2.05, 4.69) is 19.9 Å². The summed E-state index contributed by atoms with van der Waals surface area (Å²) in [5.41, 5.74) is -4.65. The van der Waals surface area contributed by atoms with E-state index in [0.29, 0.717) is 25.7 Å². The van der Waals surface area contributed by atoms with Crippen molar-refractivity contribution in [1.29, 1.82) is 0 Å². The Balaban J connectivity index is 0.900. The Labute approximate surface area is 589 Å². The molecule has 11 rings (SSSR count). The van der Waals surface area contributed by atoms with Crippen LogP contribution in [0, 0.1) is 50.2 Å². The lowest BCUT2D eigenvalue weighted by Crippen LogP contribution is -2.76. The number of hydrogen-bond acceptors (Lipinski definition) is 32. The predicted octanol–water partition coefficient (Wildman–Crippen LogP) is -4.38. The highest BCUT2D eigenvalue weighted by atomic mass is 16.8. The summed E-state index contributed by atoms with van der Waals surface area (Å²) >= 11 is 0. The Morgan fingerprint density at radius 3 is 1.63 bits per heavy atom. The number of rotatable bonds is 19. The van der Waals surface area contributed by atoms with Crippen LogP contribution in [-0.4, -0.2) is 321 Å². The van der Waals surface area contributed by atoms with E-state index in [1.165, 1.54) is 13.0 Å². The molecule has 0 bridgehead atoms. The average Bonchev–Trinajstić information content (AvgIpc) is 0.661. The largest absolute Gasteiger partial charge is 0.458 e. The zero-order valence-electron chi connectivity index (χ0n) is 58.3. The van der Waals surface area contributed by atoms with Crippen LogP contribution in [0.15, 0.2) is 48.1 Å². The maximum atomic E-state index is 13.8. The summed E-state index contributed by atoms with van der Waals surface area (Å²) in [7, 11) is 0. The molecule has 1 aromatic rings. The van der Waals surface area contributed by atoms with Gasteiger partial charge in [0.15, 0.2) is 37.6 Å². The summed E-state index contributed by atoms with van der Waals surface area (Å²) in [4.78, 5) is 27.0. The molecule has 18 N–H and O–H groups in total. The van der Waals surface area contributed by atoms with Gasteiger partial charge in [0, 0.05) is 23.8 Å². The van der Waals surface area contributed by atoms with E-state index < -0.39 is 268 Å². The second-order valence-corrected chi connectivity index (χ2v) is 31.7. The lowest BCUT2D eigenvalue weighted by molar-refractivity contribution is -0.399. The maximum Gasteiger partial charge on any atom is 0.331 e. The first-order chi connectivity index (χ1) is 48.0. The maximum absolute atomic E-state index is 13.8. The molecular formula is C70H106O32. The number of aliphatic hydroxyl groups is 18. The first-order valence-electron chi connectivity index (χ1n) is 35.3. The summed E-state index contributed by atoms with van der Waals surface area (Å²) < 4.78 is 73.5. The van der Waals surface area contributed by atoms with Gasteiger partial charge in [-0.25, -0.2) is 4.79 Å². The van der Waals surface area contributed by atoms with Gasteiger partial charge in [-0.3, -0.25) is 4.79 Å². The van der Waals surface area contributed by atoms with Crippen molar-refractivity contribution in [3.05, 3.63) is 53.6 Å². The zero-order valence-corrected chi connectivity index (χ0v) is 58.3. The molecule has 32 heteroatoms. The molecule has 0 spiro atoms. The van der Waals surface area contributed by atoms with Crippen LogP contribution in [0.5, 0.6) is 0 Å². The van der Waals surface area contributed by atoms with Crippen LogP contribution >= 0.6 is 0 Å². The summed E-state index contributed by atoms with van der Waals surface area (Å²) in [6, 6.07) is 9.06. The molecule has 0 radical (unpaired) electrons. The van der Waals surface area contributed by atoms with Crippen LogP contribution in [0.2, 0.25) is 0 Å². The zero-order chi connectivity index (χ0) is 74.4. The standard InChI is InChI=1S/C70H106O32/c1-29(75)93-59-58(99-41(77)17-14-30-12-10-9-11-13-30)65(2,3)22-32-31-15-16-39-67(6)20-19-40(66(4,5)38(67)18-21-68(39,7)69(31,8)56(89)57(90)70(32,59)28-74)98-64-55(102-63-50(86)47(83)44(80)36(25-73)96-63)51(87)54(101-62-49(85)46(82)43(79)35(24-72)95-62)37(97-64)27-92-60-52(88)53(33(76)26-91-60)100-61-48(84)45(81)42(78)34(23-71)94-61/h9-15,17,32-40,42-64,71-74,76,78-90H,16,18-28H2,1-8H3/b17-14+/t32?,33-,34+,35+,36+,37+,38?,39?,40-,42+,43+,44+,45-,46-,47-,48+,49+,50+,51-,52+,53-,54+,55+,56-,57+,58-,59-,60-,61-,62-,63-,64-,67-,68+,69-,70-/m0/s1. The van der Waals surface area contributed by atoms with Gasteiger partial charge in [0.05, 0.1) is 63.4 Å². The van der Waals surface area contributed by atoms with E-state index in [4.69, 9.17) is 56.8 Å². The quantitative estimate of drug-likeness (QED) is 0.0269. The van der Waals surface area contributed by atoms with Gasteiger partial charge >= 0.3 is 11.9 Å². The molecule has 9 fully saturated rings. The smallest absolute Gasteiger partial charge is 0.331 e. The van der Waals surface area contributed by atoms with E-state index in [1.807, 2.05) is 52.8 Å². The van der Waals surface area contributed by atoms with Gasteiger partial charge in [-0.2, -0.15) is 0 Å². The van der Waals surface area contributed by atoms with Gasteiger partial charge in [0.25, 0.3) is 0 Å². The monoisotopic (exact) mass is 1460 g/mol. The molecule has 102 heavy (non-hydrogen) atoms. The molecule has 5 aliphatic heterocycles. The first kappa shape index (κ1) is 79.6. The van der Waals surface area contributed by atoms with Gasteiger partial charge in [0.2, 0.25) is 0 Å². The number of carbonyl (C=O) groups is 2. The number of aliphatic hydroxyl groups excluding tert-OH is 18. The van der Waals surface area contributed by atoms with Crippen LogP contribution in [0.25, 0.3) is 6.08 Å². The van der Waals surface area contributed by atoms with Crippen LogP contribution < -0.4 is 0 Å². The Hall–Kier alpha value is -3.48. The van der Waals surface area contributed by atoms with Crippen molar-refractivity contribution in [2.24, 2.45) is 50.2 Å². The van der Waals surface area contributed by atoms with Gasteiger partial charge in [0.1, 0.15) is 122 Å². The predicted molar refractivity (Wildman–Crippen MR) is 344 cm³/mol. The Morgan fingerprint density at radius 2 is 1.09 bits per heavy atom. The number of hydrogen-bond donors (Lipinski definition) is 18. The number of fused-ring (bicyclic) bond motifs is 7. The number of carbonyl (C=O) groups excluding carboxylic acids is 2. The summed E-state index contributed by atoms with van der Waals surface area (Å²) in [5.74, 6) is -2.66. The van der Waals surface area contributed by atoms with Crippen molar-refractivity contribution in [3.63, 3.8) is 0 Å². The summed E-state index contributed by atoms with van der Waals surface area (Å²) in [6.07, 6.45) is -44.0. The molecule has 10 aliphatic rings. The molecule has 1 aromatic carbocycles. The highest BCUT2D eigenvalue weighted by Gasteiger charge is 2.77. The summed E-state index contributed by atoms with van der Waals surface area (Å²) in [5, 5.41) is 202. The van der Waals surface area contributed by atoms with E-state index in [0.717, 1.165) is 11.1 Å². The fraction of sp³-hybridized carbons (Fsp3) is 0.829. The first-order valence-corrected chi connectivity index (χ1v) is 35.3. The lowest BCUT2D eigenvalue weighted by atomic mass is 9.32. The Kier molecular flexibility index (Phi) is 23.8. The van der Waals surface area contributed by atoms with Gasteiger partial charge in [-0.05, 0) is 84.2 Å². The Morgan fingerprint density at radius 1 is 0.549 bits per heavy atom. The van der Waals surface area contributed by atoms with Gasteiger partial charge < -0.3 is 149 Å². The highest BCUT2D eigenvalue weighted by Crippen LogP contribution is 2.76. The SMILES string of the molecule is CC(=O)O[C@H]1[C@H](OC(=O)/C=C/c2ccccc2)C(C)(C)CC2C3=CCC4[C@@]5(C)CC[C@H](O[C@@H]6O[C@H](CO[C@@H]7OC[C@H](O)[C@H](O[C@@H]8O[C@H](CO)[C@@H](O)[C@H](O)[C@H]8O)[C@H]7O)[C@@H](O[C@@H]7O[C@H](CO)[C@@H](O)[C@H](O)[C@H]7O)[C@H](O)[C@H]6O[C@@H]6O[C@H](CO)[C@@H](O)[C@H](O)[C@H]6O)C(C)(C)C5CC[C@@]4(C)[C@]3(C)[C@@H](O)[C@@H](O)[C@]21CO. The fourth-order valence-electron chi connectivity index (χ4n) is 19.5. The van der Waals surface area contributed by atoms with E-state index in [9.17, 15) is 102 Å². The van der Waals surface area contributed by atoms with Gasteiger partial charge in [-0.1, -0.05) is 90.4 Å². The van der Waals surface area contributed by atoms with Crippen molar-refractivity contribution in [2.75, 3.05) is 39.6 Å². The molecule has 578 valence electrons. The molecule has 32 nitrogen and oxygen atoms in total. The molecule has 5 saturated heterocycles. The molecule has 0 aromatic heterocycles. The van der Waals surface area contributed by atoms with Crippen molar-refractivity contribution in [2.45, 2.75) is 272 Å². The third kappa shape index (κ3) is 13.7. The van der Waals surface area contributed by atoms with E-state index in [1.54, 1.807) is 18.2 Å². The lowest BCUT2D eigenvalue weighted by Gasteiger charge is -2.73. The minimum absolute atomic E-state index is 0.218. The van der Waals surface area contributed by atoms with Crippen LogP contribution in [0.3, 0.4) is 0 Å². The minimum Gasteiger partial charge on any atom is -0.458 e. The molecule has 5 aliphatic carbocycles. The van der Waals surface area contributed by atoms with Crippen molar-refractivity contribution in [3.8, 4) is 0 Å². The van der Waals surface area contributed by atoms with E-state index in [-0.39, 0.29) is 24.7 Å². The molecule has 5 heterocycles. The molecule has 36 atom stereocenters. The van der Waals surface area contributed by atoms with Crippen molar-refractivity contribution in [1.82, 2.24) is 0 Å². The van der Waals surface area contributed by atoms with Crippen molar-refractivity contribution >= 4 is 18.0 Å². The second kappa shape index (κ2) is 30.5. The number of ether oxygens (including phenoxy) is 12. The Bertz CT molecular complexity index is 3080. The normalized spacial score (nSPS) is 50.0. The molecule has 0 amide bonds. The molecular weight excluding hydrogens is 1350 g/mol. The summed E-state index contributed by atoms with van der Waals surface area (Å²) in [6.45, 7) is 10.4. The number of allylic oxidation sites excluding steroid dienone is 1. The molecule has 4 saturated carbocycles. The fourth-order valence-corrected chi connectivity index (χ4v) is 19.5. The molecule has 3 unspecified atom stereocenters. The van der Waals surface area contributed by atoms with Crippen LogP contribution in [0.4, 0.5) is 0 Å². The average molecular weight is 1460 g/mol. The highest BCUT2D eigenvalue weighted by molar-refractivity contribution is 5.87. The van der Waals surface area contributed by atoms with E-state index >= 15 is 0 Å². The van der Waals surface area contributed by atoms with Crippen LogP contribution in [-0.2, 0) is 66.4 Å². The van der Waals surface area contributed by atoms with Crippen molar-refractivity contribution < 1.29 is 158 Å². The number of benzene rings is 1. The van der Waals surface area contributed by atoms with Gasteiger partial charge in [-0.15, -0.1) is 0 Å². The number of esters is 2. The topological polar surface area (TPSA) is 509 Å². The second-order valence-electron chi connectivity index (χ2n) is 31.7. The van der Waals surface area contributed by atoms with Crippen LogP contribution in [0.1, 0.15) is 99.5 Å². The third-order valence-electron chi connectivity index (χ3n) is 25.3.